The highest BCUT2D eigenvalue weighted by Crippen LogP contribution is 2.32. The van der Waals surface area contributed by atoms with Crippen LogP contribution in [0.1, 0.15) is 51.9 Å². The Morgan fingerprint density at radius 3 is 2.41 bits per heavy atom. The van der Waals surface area contributed by atoms with Gasteiger partial charge >= 0.3 is 6.03 Å². The first-order chi connectivity index (χ1) is 13.7. The number of carbonyl (C=O) groups is 2. The Hall–Kier alpha value is -2.76. The summed E-state index contributed by atoms with van der Waals surface area (Å²) in [6, 6.07) is 13.7. The molecule has 3 rings (SSSR count). The average molecular weight is 397 g/mol. The maximum atomic E-state index is 13.4. The van der Waals surface area contributed by atoms with Crippen molar-refractivity contribution in [3.8, 4) is 0 Å². The lowest BCUT2D eigenvalue weighted by Gasteiger charge is -2.39. The number of fused-ring (bicyclic) bond motifs is 1. The highest BCUT2D eigenvalue weighted by Gasteiger charge is 2.34. The summed E-state index contributed by atoms with van der Waals surface area (Å²) in [5.41, 5.74) is 1.83. The quantitative estimate of drug-likeness (QED) is 0.858. The minimum Gasteiger partial charge on any atom is -0.348 e. The molecule has 1 aliphatic heterocycles. The third-order valence-corrected chi connectivity index (χ3v) is 5.15. The average Bonchev–Trinajstić information content (AvgIpc) is 3.12. The molecule has 6 nitrogen and oxygen atoms in total. The van der Waals surface area contributed by atoms with Gasteiger partial charge < -0.3 is 19.7 Å². The van der Waals surface area contributed by atoms with Crippen molar-refractivity contribution in [1.82, 2.24) is 19.7 Å². The molecule has 1 N–H and O–H groups in total. The molecule has 0 radical (unpaired) electrons. The van der Waals surface area contributed by atoms with E-state index in [0.29, 0.717) is 6.54 Å². The molecule has 1 unspecified atom stereocenters. The SMILES string of the molecule is CC(C)N(CC(=O)N1CCn2cccc2C1c1ccccc1)C(=O)NC(C)(C)C. The van der Waals surface area contributed by atoms with Crippen molar-refractivity contribution < 1.29 is 9.59 Å². The highest BCUT2D eigenvalue weighted by molar-refractivity contribution is 5.85. The monoisotopic (exact) mass is 396 g/mol. The van der Waals surface area contributed by atoms with Crippen molar-refractivity contribution in [3.05, 3.63) is 59.9 Å². The summed E-state index contributed by atoms with van der Waals surface area (Å²) in [6.07, 6.45) is 2.06. The Labute approximate surface area is 173 Å². The molecule has 1 aliphatic rings. The third-order valence-electron chi connectivity index (χ3n) is 5.15. The van der Waals surface area contributed by atoms with Gasteiger partial charge in [0.05, 0.1) is 6.04 Å². The Kier molecular flexibility index (Phi) is 6.01. The van der Waals surface area contributed by atoms with Crippen molar-refractivity contribution in [3.63, 3.8) is 0 Å². The molecule has 2 heterocycles. The third kappa shape index (κ3) is 4.81. The second-order valence-electron chi connectivity index (χ2n) is 8.93. The van der Waals surface area contributed by atoms with Crippen molar-refractivity contribution in [2.45, 2.75) is 58.8 Å². The smallest absolute Gasteiger partial charge is 0.318 e. The number of hydrogen-bond acceptors (Lipinski definition) is 2. The lowest BCUT2D eigenvalue weighted by molar-refractivity contribution is -0.134. The first-order valence-corrected chi connectivity index (χ1v) is 10.3. The van der Waals surface area contributed by atoms with Gasteiger partial charge in [-0.25, -0.2) is 4.79 Å². The molecule has 0 spiro atoms. The number of rotatable bonds is 4. The van der Waals surface area contributed by atoms with E-state index in [2.05, 4.69) is 34.3 Å². The van der Waals surface area contributed by atoms with Gasteiger partial charge in [0.15, 0.2) is 0 Å². The van der Waals surface area contributed by atoms with Crippen LogP contribution in [-0.2, 0) is 11.3 Å². The summed E-state index contributed by atoms with van der Waals surface area (Å²) in [5.74, 6) is -0.0379. The second-order valence-corrected chi connectivity index (χ2v) is 8.93. The van der Waals surface area contributed by atoms with Crippen molar-refractivity contribution in [1.29, 1.82) is 0 Å². The number of amides is 3. The summed E-state index contributed by atoms with van der Waals surface area (Å²) in [5, 5.41) is 2.98. The van der Waals surface area contributed by atoms with Gasteiger partial charge in [-0.15, -0.1) is 0 Å². The van der Waals surface area contributed by atoms with Gasteiger partial charge in [0.2, 0.25) is 5.91 Å². The van der Waals surface area contributed by atoms with Crippen LogP contribution in [0.15, 0.2) is 48.7 Å². The van der Waals surface area contributed by atoms with E-state index in [9.17, 15) is 9.59 Å². The van der Waals surface area contributed by atoms with E-state index in [4.69, 9.17) is 0 Å². The van der Waals surface area contributed by atoms with Gasteiger partial charge in [-0.1, -0.05) is 30.3 Å². The number of nitrogens with zero attached hydrogens (tertiary/aromatic N) is 3. The highest BCUT2D eigenvalue weighted by atomic mass is 16.2. The molecule has 1 aromatic carbocycles. The molecule has 29 heavy (non-hydrogen) atoms. The maximum Gasteiger partial charge on any atom is 0.318 e. The number of aromatic nitrogens is 1. The minimum atomic E-state index is -0.355. The molecular weight excluding hydrogens is 364 g/mol. The first-order valence-electron chi connectivity index (χ1n) is 10.3. The van der Waals surface area contributed by atoms with E-state index >= 15 is 0 Å². The predicted octanol–water partition coefficient (Wildman–Crippen LogP) is 3.64. The Balaban J connectivity index is 1.85. The number of carbonyl (C=O) groups excluding carboxylic acids is 2. The molecule has 6 heteroatoms. The zero-order valence-electron chi connectivity index (χ0n) is 18.1. The fraction of sp³-hybridized carbons (Fsp3) is 0.478. The van der Waals surface area contributed by atoms with Gasteiger partial charge in [0.1, 0.15) is 6.54 Å². The van der Waals surface area contributed by atoms with Crippen LogP contribution in [0.5, 0.6) is 0 Å². The first kappa shape index (κ1) is 21.0. The van der Waals surface area contributed by atoms with Crippen molar-refractivity contribution in [2.75, 3.05) is 13.1 Å². The molecule has 1 aromatic heterocycles. The van der Waals surface area contributed by atoms with Crippen LogP contribution in [0.3, 0.4) is 0 Å². The zero-order valence-corrected chi connectivity index (χ0v) is 18.1. The van der Waals surface area contributed by atoms with Crippen molar-refractivity contribution >= 4 is 11.9 Å². The molecule has 0 aliphatic carbocycles. The zero-order chi connectivity index (χ0) is 21.2. The fourth-order valence-electron chi connectivity index (χ4n) is 3.76. The predicted molar refractivity (Wildman–Crippen MR) is 115 cm³/mol. The van der Waals surface area contributed by atoms with Gasteiger partial charge in [-0.3, -0.25) is 4.79 Å². The van der Waals surface area contributed by atoms with Crippen LogP contribution in [0.25, 0.3) is 0 Å². The van der Waals surface area contributed by atoms with Crippen LogP contribution >= 0.6 is 0 Å². The normalized spacial score (nSPS) is 16.5. The van der Waals surface area contributed by atoms with Crippen LogP contribution in [0, 0.1) is 0 Å². The second kappa shape index (κ2) is 8.31. The lowest BCUT2D eigenvalue weighted by Crippen LogP contribution is -2.54. The Morgan fingerprint density at radius 1 is 1.10 bits per heavy atom. The number of benzene rings is 1. The number of nitrogens with one attached hydrogen (secondary N) is 1. The van der Waals surface area contributed by atoms with Gasteiger partial charge in [0.25, 0.3) is 0 Å². The minimum absolute atomic E-state index is 0.0379. The van der Waals surface area contributed by atoms with Gasteiger partial charge in [-0.05, 0) is 52.3 Å². The largest absolute Gasteiger partial charge is 0.348 e. The van der Waals surface area contributed by atoms with Crippen LogP contribution in [0.4, 0.5) is 4.79 Å². The summed E-state index contributed by atoms with van der Waals surface area (Å²) in [7, 11) is 0. The van der Waals surface area contributed by atoms with E-state index < -0.39 is 0 Å². The van der Waals surface area contributed by atoms with E-state index in [1.807, 2.05) is 63.8 Å². The molecule has 1 atom stereocenters. The fourth-order valence-corrected chi connectivity index (χ4v) is 3.76. The molecule has 2 aromatic rings. The van der Waals surface area contributed by atoms with Crippen LogP contribution < -0.4 is 5.32 Å². The standard InChI is InChI=1S/C23H32N4O2/c1-17(2)27(22(29)24-23(3,4)5)16-20(28)26-15-14-25-13-9-12-19(25)21(26)18-10-7-6-8-11-18/h6-13,17,21H,14-16H2,1-5H3,(H,24,29). The molecule has 0 saturated carbocycles. The Bertz CT molecular complexity index is 851. The molecule has 3 amide bonds. The molecular formula is C23H32N4O2. The van der Waals surface area contributed by atoms with Crippen LogP contribution in [-0.4, -0.2) is 51.0 Å². The maximum absolute atomic E-state index is 13.4. The van der Waals surface area contributed by atoms with Gasteiger partial charge in [0, 0.05) is 36.6 Å². The summed E-state index contributed by atoms with van der Waals surface area (Å²) in [4.78, 5) is 29.7. The topological polar surface area (TPSA) is 57.6 Å². The summed E-state index contributed by atoms with van der Waals surface area (Å²) < 4.78 is 2.20. The molecule has 0 bridgehead atoms. The number of urea groups is 1. The molecule has 0 fully saturated rings. The summed E-state index contributed by atoms with van der Waals surface area (Å²) >= 11 is 0. The lowest BCUT2D eigenvalue weighted by atomic mass is 10.00. The van der Waals surface area contributed by atoms with Crippen molar-refractivity contribution in [2.24, 2.45) is 0 Å². The van der Waals surface area contributed by atoms with E-state index in [0.717, 1.165) is 17.8 Å². The van der Waals surface area contributed by atoms with Crippen LogP contribution in [0.2, 0.25) is 0 Å². The molecule has 156 valence electrons. The molecule has 0 saturated heterocycles. The van der Waals surface area contributed by atoms with E-state index in [1.165, 1.54) is 0 Å². The Morgan fingerprint density at radius 2 is 1.79 bits per heavy atom. The van der Waals surface area contributed by atoms with E-state index in [-0.39, 0.29) is 36.1 Å². The van der Waals surface area contributed by atoms with E-state index in [1.54, 1.807) is 4.90 Å². The number of hydrogen-bond donors (Lipinski definition) is 1. The summed E-state index contributed by atoms with van der Waals surface area (Å²) in [6.45, 7) is 11.1. The van der Waals surface area contributed by atoms with Gasteiger partial charge in [-0.2, -0.15) is 0 Å².